The van der Waals surface area contributed by atoms with Crippen LogP contribution in [0.1, 0.15) is 36.7 Å². The Hall–Kier alpha value is -2.43. The van der Waals surface area contributed by atoms with Crippen LogP contribution in [-0.4, -0.2) is 19.1 Å². The van der Waals surface area contributed by atoms with Gasteiger partial charge < -0.3 is 10.1 Å². The molecule has 2 aromatic carbocycles. The summed E-state index contributed by atoms with van der Waals surface area (Å²) in [5.41, 5.74) is 1.73. The molecule has 0 radical (unpaired) electrons. The van der Waals surface area contributed by atoms with E-state index >= 15 is 0 Å². The van der Waals surface area contributed by atoms with Crippen molar-refractivity contribution in [2.45, 2.75) is 26.2 Å². The molecule has 24 heavy (non-hydrogen) atoms. The number of halogens is 2. The lowest BCUT2D eigenvalue weighted by Gasteiger charge is -2.19. The molecule has 0 fully saturated rings. The molecule has 0 aliphatic carbocycles. The third-order valence-electron chi connectivity index (χ3n) is 3.55. The van der Waals surface area contributed by atoms with Gasteiger partial charge in [0.25, 0.3) is 5.91 Å². The van der Waals surface area contributed by atoms with Gasteiger partial charge in [0.2, 0.25) is 0 Å². The van der Waals surface area contributed by atoms with Crippen molar-refractivity contribution in [1.82, 2.24) is 5.32 Å². The first kappa shape index (κ1) is 17.9. The summed E-state index contributed by atoms with van der Waals surface area (Å²) >= 11 is 0. The maximum atomic E-state index is 13.4. The molecule has 0 saturated heterocycles. The fourth-order valence-corrected chi connectivity index (χ4v) is 2.14. The molecule has 3 nitrogen and oxygen atoms in total. The van der Waals surface area contributed by atoms with Gasteiger partial charge in [-0.1, -0.05) is 32.9 Å². The minimum Gasteiger partial charge on any atom is -0.489 e. The molecule has 1 N–H and O–H groups in total. The van der Waals surface area contributed by atoms with Gasteiger partial charge in [-0.2, -0.15) is 0 Å². The van der Waals surface area contributed by atoms with Crippen molar-refractivity contribution in [1.29, 1.82) is 0 Å². The highest BCUT2D eigenvalue weighted by atomic mass is 19.1. The van der Waals surface area contributed by atoms with Crippen molar-refractivity contribution in [3.05, 3.63) is 65.2 Å². The average Bonchev–Trinajstić information content (AvgIpc) is 2.52. The molecular weight excluding hydrogens is 312 g/mol. The molecule has 0 saturated carbocycles. The molecule has 0 bridgehead atoms. The Bertz CT molecular complexity index is 706. The highest BCUT2D eigenvalue weighted by Gasteiger charge is 2.14. The number of amides is 1. The molecule has 0 heterocycles. The SMILES string of the molecule is CC(C)(C)c1ccc(C(=O)NCCOc2ccc(F)cc2F)cc1. The van der Waals surface area contributed by atoms with Gasteiger partial charge in [-0.05, 0) is 35.2 Å². The fraction of sp³-hybridized carbons (Fsp3) is 0.316. The summed E-state index contributed by atoms with van der Waals surface area (Å²) in [4.78, 5) is 12.0. The Morgan fingerprint density at radius 3 is 2.33 bits per heavy atom. The van der Waals surface area contributed by atoms with Crippen LogP contribution in [0.25, 0.3) is 0 Å². The largest absolute Gasteiger partial charge is 0.489 e. The molecule has 128 valence electrons. The third kappa shape index (κ3) is 4.78. The van der Waals surface area contributed by atoms with Gasteiger partial charge in [0.1, 0.15) is 12.4 Å². The lowest BCUT2D eigenvalue weighted by Crippen LogP contribution is -2.28. The molecule has 2 rings (SSSR count). The van der Waals surface area contributed by atoms with E-state index in [1.54, 1.807) is 12.1 Å². The van der Waals surface area contributed by atoms with E-state index in [4.69, 9.17) is 4.74 Å². The Morgan fingerprint density at radius 2 is 1.75 bits per heavy atom. The van der Waals surface area contributed by atoms with Crippen LogP contribution >= 0.6 is 0 Å². The molecule has 0 atom stereocenters. The van der Waals surface area contributed by atoms with Crippen LogP contribution in [0.3, 0.4) is 0 Å². The highest BCUT2D eigenvalue weighted by molar-refractivity contribution is 5.94. The first-order chi connectivity index (χ1) is 11.3. The molecular formula is C19H21F2NO2. The number of benzene rings is 2. The first-order valence-corrected chi connectivity index (χ1v) is 7.74. The summed E-state index contributed by atoms with van der Waals surface area (Å²) in [6.07, 6.45) is 0. The van der Waals surface area contributed by atoms with Gasteiger partial charge in [0.15, 0.2) is 11.6 Å². The molecule has 0 aromatic heterocycles. The number of carbonyl (C=O) groups is 1. The normalized spacial score (nSPS) is 11.2. The molecule has 0 unspecified atom stereocenters. The van der Waals surface area contributed by atoms with Crippen LogP contribution in [0.4, 0.5) is 8.78 Å². The van der Waals surface area contributed by atoms with Gasteiger partial charge >= 0.3 is 0 Å². The van der Waals surface area contributed by atoms with Gasteiger partial charge in [0.05, 0.1) is 6.54 Å². The summed E-state index contributed by atoms with van der Waals surface area (Å²) in [5.74, 6) is -1.69. The zero-order chi connectivity index (χ0) is 17.7. The molecule has 5 heteroatoms. The predicted molar refractivity (Wildman–Crippen MR) is 89.3 cm³/mol. The second-order valence-corrected chi connectivity index (χ2v) is 6.51. The smallest absolute Gasteiger partial charge is 0.251 e. The van der Waals surface area contributed by atoms with E-state index in [-0.39, 0.29) is 30.2 Å². The van der Waals surface area contributed by atoms with E-state index < -0.39 is 11.6 Å². The summed E-state index contributed by atoms with van der Waals surface area (Å²) in [7, 11) is 0. The van der Waals surface area contributed by atoms with Crippen molar-refractivity contribution in [3.8, 4) is 5.75 Å². The Morgan fingerprint density at radius 1 is 1.08 bits per heavy atom. The van der Waals surface area contributed by atoms with E-state index in [9.17, 15) is 13.6 Å². The minimum absolute atomic E-state index is 0.0298. The van der Waals surface area contributed by atoms with Crippen molar-refractivity contribution in [2.24, 2.45) is 0 Å². The maximum absolute atomic E-state index is 13.4. The Kier molecular flexibility index (Phi) is 5.54. The Labute approximate surface area is 140 Å². The monoisotopic (exact) mass is 333 g/mol. The summed E-state index contributed by atoms with van der Waals surface area (Å²) in [6.45, 7) is 6.63. The predicted octanol–water partition coefficient (Wildman–Crippen LogP) is 4.07. The summed E-state index contributed by atoms with van der Waals surface area (Å²) in [5, 5.41) is 2.70. The topological polar surface area (TPSA) is 38.3 Å². The lowest BCUT2D eigenvalue weighted by molar-refractivity contribution is 0.0946. The lowest BCUT2D eigenvalue weighted by atomic mass is 9.87. The van der Waals surface area contributed by atoms with Crippen LogP contribution in [-0.2, 0) is 5.41 Å². The number of hydrogen-bond acceptors (Lipinski definition) is 2. The van der Waals surface area contributed by atoms with Crippen LogP contribution in [0, 0.1) is 11.6 Å². The van der Waals surface area contributed by atoms with E-state index in [0.717, 1.165) is 17.7 Å². The maximum Gasteiger partial charge on any atom is 0.251 e. The second kappa shape index (κ2) is 7.43. The molecule has 0 spiro atoms. The second-order valence-electron chi connectivity index (χ2n) is 6.51. The van der Waals surface area contributed by atoms with Crippen molar-refractivity contribution in [2.75, 3.05) is 13.2 Å². The number of nitrogens with one attached hydrogen (secondary N) is 1. The van der Waals surface area contributed by atoms with Crippen LogP contribution in [0.15, 0.2) is 42.5 Å². The van der Waals surface area contributed by atoms with E-state index in [0.29, 0.717) is 5.56 Å². The van der Waals surface area contributed by atoms with Gasteiger partial charge in [-0.25, -0.2) is 8.78 Å². The molecule has 0 aliphatic rings. The molecule has 0 aliphatic heterocycles. The first-order valence-electron chi connectivity index (χ1n) is 7.74. The van der Waals surface area contributed by atoms with E-state index in [2.05, 4.69) is 26.1 Å². The fourth-order valence-electron chi connectivity index (χ4n) is 2.14. The summed E-state index contributed by atoms with van der Waals surface area (Å²) in [6, 6.07) is 10.5. The Balaban J connectivity index is 1.83. The van der Waals surface area contributed by atoms with Crippen LogP contribution in [0.5, 0.6) is 5.75 Å². The average molecular weight is 333 g/mol. The van der Waals surface area contributed by atoms with Gasteiger partial charge in [-0.3, -0.25) is 4.79 Å². The minimum atomic E-state index is -0.765. The molecule has 1 amide bonds. The number of hydrogen-bond donors (Lipinski definition) is 1. The van der Waals surface area contributed by atoms with Crippen LogP contribution < -0.4 is 10.1 Å². The third-order valence-corrected chi connectivity index (χ3v) is 3.55. The number of carbonyl (C=O) groups excluding carboxylic acids is 1. The molecule has 2 aromatic rings. The van der Waals surface area contributed by atoms with E-state index in [1.807, 2.05) is 12.1 Å². The van der Waals surface area contributed by atoms with Crippen LogP contribution in [0.2, 0.25) is 0 Å². The standard InChI is InChI=1S/C19H21F2NO2/c1-19(2,3)14-6-4-13(5-7-14)18(23)22-10-11-24-17-9-8-15(20)12-16(17)21/h4-9,12H,10-11H2,1-3H3,(H,22,23). The summed E-state index contributed by atoms with van der Waals surface area (Å²) < 4.78 is 31.3. The quantitative estimate of drug-likeness (QED) is 0.838. The van der Waals surface area contributed by atoms with Crippen molar-refractivity contribution < 1.29 is 18.3 Å². The van der Waals surface area contributed by atoms with Gasteiger partial charge in [-0.15, -0.1) is 0 Å². The number of ether oxygens (including phenoxy) is 1. The zero-order valence-electron chi connectivity index (χ0n) is 14.0. The van der Waals surface area contributed by atoms with Gasteiger partial charge in [0, 0.05) is 11.6 Å². The van der Waals surface area contributed by atoms with E-state index in [1.165, 1.54) is 6.07 Å². The van der Waals surface area contributed by atoms with Crippen molar-refractivity contribution in [3.63, 3.8) is 0 Å². The zero-order valence-corrected chi connectivity index (χ0v) is 14.0. The number of rotatable bonds is 5. The highest BCUT2D eigenvalue weighted by Crippen LogP contribution is 2.22. The van der Waals surface area contributed by atoms with Crippen molar-refractivity contribution >= 4 is 5.91 Å².